The molecule has 3 N–H and O–H groups in total. The van der Waals surface area contributed by atoms with Gasteiger partial charge in [-0.25, -0.2) is 8.78 Å². The van der Waals surface area contributed by atoms with E-state index < -0.39 is 24.3 Å². The number of benzene rings is 1. The summed E-state index contributed by atoms with van der Waals surface area (Å²) in [5, 5.41) is 9.23. The monoisotopic (exact) mass is 243 g/mol. The molecule has 0 saturated carbocycles. The molecule has 0 spiro atoms. The lowest BCUT2D eigenvalue weighted by molar-refractivity contribution is 0.396. The van der Waals surface area contributed by atoms with E-state index in [9.17, 15) is 13.9 Å². The number of phenolic OH excluding ortho intramolecular Hbond substituents is 1. The molecule has 0 radical (unpaired) electrons. The number of halogens is 4. The van der Waals surface area contributed by atoms with Gasteiger partial charge in [-0.1, -0.05) is 11.6 Å². The Hall–Kier alpha value is -0.580. The summed E-state index contributed by atoms with van der Waals surface area (Å²) < 4.78 is 24.9. The van der Waals surface area contributed by atoms with Crippen molar-refractivity contribution in [2.75, 3.05) is 6.67 Å². The molecule has 1 aromatic carbocycles. The lowest BCUT2D eigenvalue weighted by Gasteiger charge is -2.11. The first kappa shape index (κ1) is 13.4. The number of alkyl halides is 1. The Morgan fingerprint density at radius 2 is 2.07 bits per heavy atom. The fourth-order valence-corrected chi connectivity index (χ4v) is 1.28. The summed E-state index contributed by atoms with van der Waals surface area (Å²) in [5.41, 5.74) is 5.19. The Kier molecular flexibility index (Phi) is 5.12. The smallest absolute Gasteiger partial charge is 0.165 e. The maximum absolute atomic E-state index is 12.8. The SMILES string of the molecule is Cl.N[C@@H](CF)c1c(Cl)ccc(F)c1O. The molecule has 0 aliphatic carbocycles. The van der Waals surface area contributed by atoms with Crippen molar-refractivity contribution < 1.29 is 13.9 Å². The van der Waals surface area contributed by atoms with E-state index >= 15 is 0 Å². The van der Waals surface area contributed by atoms with Crippen molar-refractivity contribution >= 4 is 24.0 Å². The highest BCUT2D eigenvalue weighted by molar-refractivity contribution is 6.31. The second-order valence-electron chi connectivity index (χ2n) is 2.55. The van der Waals surface area contributed by atoms with Crippen LogP contribution in [0.4, 0.5) is 8.78 Å². The molecule has 14 heavy (non-hydrogen) atoms. The van der Waals surface area contributed by atoms with Gasteiger partial charge in [0.1, 0.15) is 6.67 Å². The third-order valence-electron chi connectivity index (χ3n) is 1.65. The quantitative estimate of drug-likeness (QED) is 0.839. The van der Waals surface area contributed by atoms with Crippen LogP contribution in [0.1, 0.15) is 11.6 Å². The predicted octanol–water partition coefficient (Wildman–Crippen LogP) is 2.58. The Labute approximate surface area is 91.1 Å². The van der Waals surface area contributed by atoms with Crippen molar-refractivity contribution in [1.29, 1.82) is 0 Å². The first-order chi connectivity index (χ1) is 6.07. The average molecular weight is 244 g/mol. The third kappa shape index (κ3) is 2.47. The minimum atomic E-state index is -1.09. The van der Waals surface area contributed by atoms with Crippen LogP contribution in [0.3, 0.4) is 0 Å². The molecule has 0 unspecified atom stereocenters. The molecule has 0 bridgehead atoms. The molecule has 0 heterocycles. The van der Waals surface area contributed by atoms with Crippen LogP contribution < -0.4 is 5.73 Å². The standard InChI is InChI=1S/C8H8ClF2NO.ClH/c9-4-1-2-5(11)8(13)7(4)6(12)3-10;/h1-2,6,13H,3,12H2;1H/t6-;/m0./s1. The van der Waals surface area contributed by atoms with Gasteiger partial charge in [-0.15, -0.1) is 12.4 Å². The molecule has 0 aliphatic rings. The second kappa shape index (κ2) is 5.34. The Balaban J connectivity index is 0.00000169. The number of aromatic hydroxyl groups is 1. The molecule has 0 amide bonds. The van der Waals surface area contributed by atoms with Gasteiger partial charge in [-0.2, -0.15) is 0 Å². The summed E-state index contributed by atoms with van der Waals surface area (Å²) in [7, 11) is 0. The van der Waals surface area contributed by atoms with Gasteiger partial charge in [-0.3, -0.25) is 0 Å². The van der Waals surface area contributed by atoms with Crippen LogP contribution in [-0.2, 0) is 0 Å². The van der Waals surface area contributed by atoms with Crippen molar-refractivity contribution in [3.63, 3.8) is 0 Å². The van der Waals surface area contributed by atoms with E-state index in [0.29, 0.717) is 0 Å². The van der Waals surface area contributed by atoms with Gasteiger partial charge in [0.2, 0.25) is 0 Å². The van der Waals surface area contributed by atoms with Gasteiger partial charge >= 0.3 is 0 Å². The Morgan fingerprint density at radius 1 is 1.50 bits per heavy atom. The van der Waals surface area contributed by atoms with Crippen molar-refractivity contribution in [1.82, 2.24) is 0 Å². The van der Waals surface area contributed by atoms with Crippen LogP contribution in [0.25, 0.3) is 0 Å². The average Bonchev–Trinajstić information content (AvgIpc) is 2.12. The fraction of sp³-hybridized carbons (Fsp3) is 0.250. The largest absolute Gasteiger partial charge is 0.505 e. The molecule has 2 nitrogen and oxygen atoms in total. The van der Waals surface area contributed by atoms with Gasteiger partial charge in [0.05, 0.1) is 6.04 Å². The molecule has 1 atom stereocenters. The van der Waals surface area contributed by atoms with Gasteiger partial charge in [0.15, 0.2) is 11.6 Å². The summed E-state index contributed by atoms with van der Waals surface area (Å²) in [5.74, 6) is -1.54. The Bertz CT molecular complexity index is 322. The molecule has 6 heteroatoms. The highest BCUT2D eigenvalue weighted by Crippen LogP contribution is 2.32. The molecule has 0 fully saturated rings. The summed E-state index contributed by atoms with van der Waals surface area (Å²) in [6, 6.07) is 1.12. The van der Waals surface area contributed by atoms with Crippen molar-refractivity contribution in [2.45, 2.75) is 6.04 Å². The maximum atomic E-state index is 12.8. The van der Waals surface area contributed by atoms with Crippen LogP contribution in [-0.4, -0.2) is 11.8 Å². The number of hydrogen-bond donors (Lipinski definition) is 2. The zero-order chi connectivity index (χ0) is 10.0. The van der Waals surface area contributed by atoms with Crippen molar-refractivity contribution in [2.24, 2.45) is 5.73 Å². The maximum Gasteiger partial charge on any atom is 0.165 e. The fourth-order valence-electron chi connectivity index (χ4n) is 0.987. The summed E-state index contributed by atoms with van der Waals surface area (Å²) in [6.07, 6.45) is 0. The minimum Gasteiger partial charge on any atom is -0.505 e. The lowest BCUT2D eigenvalue weighted by Crippen LogP contribution is -2.13. The molecule has 0 aliphatic heterocycles. The van der Waals surface area contributed by atoms with E-state index in [1.165, 1.54) is 6.07 Å². The molecule has 80 valence electrons. The first-order valence-electron chi connectivity index (χ1n) is 3.56. The van der Waals surface area contributed by atoms with E-state index in [4.69, 9.17) is 17.3 Å². The highest BCUT2D eigenvalue weighted by atomic mass is 35.5. The van der Waals surface area contributed by atoms with Crippen LogP contribution in [0.2, 0.25) is 5.02 Å². The van der Waals surface area contributed by atoms with Gasteiger partial charge in [-0.05, 0) is 12.1 Å². The molecule has 0 saturated heterocycles. The molecular weight excluding hydrogens is 235 g/mol. The minimum absolute atomic E-state index is 0. The lowest BCUT2D eigenvalue weighted by atomic mass is 10.1. The molecular formula is C8H9Cl2F2NO. The van der Waals surface area contributed by atoms with E-state index in [2.05, 4.69) is 0 Å². The number of hydrogen-bond acceptors (Lipinski definition) is 2. The number of phenols is 1. The molecule has 1 aromatic rings. The van der Waals surface area contributed by atoms with Crippen LogP contribution >= 0.6 is 24.0 Å². The summed E-state index contributed by atoms with van der Waals surface area (Å²) >= 11 is 5.60. The summed E-state index contributed by atoms with van der Waals surface area (Å²) in [6.45, 7) is -0.906. The number of rotatable bonds is 2. The van der Waals surface area contributed by atoms with Crippen LogP contribution in [0.5, 0.6) is 5.75 Å². The predicted molar refractivity (Wildman–Crippen MR) is 53.2 cm³/mol. The van der Waals surface area contributed by atoms with E-state index in [1.54, 1.807) is 0 Å². The zero-order valence-electron chi connectivity index (χ0n) is 7.01. The van der Waals surface area contributed by atoms with Crippen molar-refractivity contribution in [3.8, 4) is 5.75 Å². The van der Waals surface area contributed by atoms with Crippen LogP contribution in [0, 0.1) is 5.82 Å². The normalized spacial score (nSPS) is 12.0. The van der Waals surface area contributed by atoms with E-state index in [0.717, 1.165) is 6.07 Å². The van der Waals surface area contributed by atoms with Crippen molar-refractivity contribution in [3.05, 3.63) is 28.5 Å². The van der Waals surface area contributed by atoms with E-state index in [-0.39, 0.29) is 23.0 Å². The summed E-state index contributed by atoms with van der Waals surface area (Å²) in [4.78, 5) is 0. The van der Waals surface area contributed by atoms with Gasteiger partial charge < -0.3 is 10.8 Å². The highest BCUT2D eigenvalue weighted by Gasteiger charge is 2.17. The first-order valence-corrected chi connectivity index (χ1v) is 3.94. The zero-order valence-corrected chi connectivity index (χ0v) is 8.58. The number of nitrogens with two attached hydrogens (primary N) is 1. The molecule has 1 rings (SSSR count). The topological polar surface area (TPSA) is 46.2 Å². The van der Waals surface area contributed by atoms with Gasteiger partial charge in [0.25, 0.3) is 0 Å². The van der Waals surface area contributed by atoms with Crippen LogP contribution in [0.15, 0.2) is 12.1 Å². The second-order valence-corrected chi connectivity index (χ2v) is 2.96. The van der Waals surface area contributed by atoms with Gasteiger partial charge in [0, 0.05) is 10.6 Å². The van der Waals surface area contributed by atoms with E-state index in [1.807, 2.05) is 0 Å². The Morgan fingerprint density at radius 3 is 2.57 bits per heavy atom. The third-order valence-corrected chi connectivity index (χ3v) is 1.98. The molecule has 0 aromatic heterocycles.